The zero-order chi connectivity index (χ0) is 17.9. The lowest BCUT2D eigenvalue weighted by Crippen LogP contribution is -2.23. The monoisotopic (exact) mass is 369 g/mol. The Bertz CT molecular complexity index is 940. The largest absolute Gasteiger partial charge is 0.454 e. The third kappa shape index (κ3) is 3.36. The molecule has 2 heterocycles. The molecule has 0 bridgehead atoms. The fourth-order valence-corrected chi connectivity index (χ4v) is 2.88. The molecule has 26 heavy (non-hydrogen) atoms. The number of amides is 1. The molecule has 7 nitrogen and oxygen atoms in total. The van der Waals surface area contributed by atoms with Crippen LogP contribution in [0.1, 0.15) is 16.2 Å². The van der Waals surface area contributed by atoms with Crippen molar-refractivity contribution in [1.29, 1.82) is 0 Å². The highest BCUT2D eigenvalue weighted by Gasteiger charge is 2.19. The maximum absolute atomic E-state index is 12.2. The minimum Gasteiger partial charge on any atom is -0.454 e. The van der Waals surface area contributed by atoms with Crippen LogP contribution in [0.5, 0.6) is 11.5 Å². The SMILES string of the molecule is CSc1ccc(CNC(=O)c2noc(-c3ccc4c(c3)OCO4)n2)cc1. The first kappa shape index (κ1) is 16.5. The van der Waals surface area contributed by atoms with Crippen LogP contribution in [0.3, 0.4) is 0 Å². The Labute approximate surface area is 153 Å². The van der Waals surface area contributed by atoms with E-state index in [2.05, 4.69) is 15.5 Å². The maximum Gasteiger partial charge on any atom is 0.292 e. The Hall–Kier alpha value is -3.00. The number of nitrogens with zero attached hydrogens (tertiary/aromatic N) is 2. The van der Waals surface area contributed by atoms with Crippen LogP contribution in [0.2, 0.25) is 0 Å². The van der Waals surface area contributed by atoms with Gasteiger partial charge in [0.05, 0.1) is 0 Å². The van der Waals surface area contributed by atoms with Gasteiger partial charge in [0, 0.05) is 17.0 Å². The van der Waals surface area contributed by atoms with E-state index >= 15 is 0 Å². The quantitative estimate of drug-likeness (QED) is 0.692. The van der Waals surface area contributed by atoms with Crippen molar-refractivity contribution in [1.82, 2.24) is 15.5 Å². The van der Waals surface area contributed by atoms with Gasteiger partial charge in [-0.2, -0.15) is 4.98 Å². The predicted octanol–water partition coefficient (Wildman–Crippen LogP) is 3.12. The summed E-state index contributed by atoms with van der Waals surface area (Å²) in [6.07, 6.45) is 2.02. The number of carbonyl (C=O) groups is 1. The standard InChI is InChI=1S/C18H15N3O4S/c1-26-13-5-2-11(3-6-13)9-19-17(22)16-20-18(25-21-16)12-4-7-14-15(8-12)24-10-23-14/h2-8H,9-10H2,1H3,(H,19,22). The highest BCUT2D eigenvalue weighted by atomic mass is 32.2. The summed E-state index contributed by atoms with van der Waals surface area (Å²) in [6.45, 7) is 0.579. The first-order valence-corrected chi connectivity index (χ1v) is 9.10. The second kappa shape index (κ2) is 7.09. The van der Waals surface area contributed by atoms with Crippen molar-refractivity contribution in [2.45, 2.75) is 11.4 Å². The number of hydrogen-bond donors (Lipinski definition) is 1. The van der Waals surface area contributed by atoms with Crippen LogP contribution in [-0.2, 0) is 6.54 Å². The smallest absolute Gasteiger partial charge is 0.292 e. The number of nitrogens with one attached hydrogen (secondary N) is 1. The molecular formula is C18H15N3O4S. The molecule has 1 amide bonds. The van der Waals surface area contributed by atoms with Crippen LogP contribution in [0.25, 0.3) is 11.5 Å². The summed E-state index contributed by atoms with van der Waals surface area (Å²) in [7, 11) is 0. The number of aromatic nitrogens is 2. The van der Waals surface area contributed by atoms with Crippen LogP contribution >= 0.6 is 11.8 Å². The second-order valence-electron chi connectivity index (χ2n) is 5.52. The minimum atomic E-state index is -0.394. The molecule has 0 fully saturated rings. The van der Waals surface area contributed by atoms with E-state index in [4.69, 9.17) is 14.0 Å². The summed E-state index contributed by atoms with van der Waals surface area (Å²) in [5.74, 6) is 1.12. The van der Waals surface area contributed by atoms with Gasteiger partial charge in [-0.15, -0.1) is 11.8 Å². The molecular weight excluding hydrogens is 354 g/mol. The summed E-state index contributed by atoms with van der Waals surface area (Å²) in [5.41, 5.74) is 1.66. The average Bonchev–Trinajstić information content (AvgIpc) is 3.35. The number of rotatable bonds is 5. The summed E-state index contributed by atoms with van der Waals surface area (Å²) >= 11 is 1.67. The van der Waals surface area contributed by atoms with Gasteiger partial charge in [0.25, 0.3) is 17.6 Å². The zero-order valence-electron chi connectivity index (χ0n) is 13.9. The fourth-order valence-electron chi connectivity index (χ4n) is 2.47. The van der Waals surface area contributed by atoms with Crippen molar-refractivity contribution in [2.24, 2.45) is 0 Å². The number of benzene rings is 2. The average molecular weight is 369 g/mol. The minimum absolute atomic E-state index is 0.0154. The third-order valence-electron chi connectivity index (χ3n) is 3.86. The molecule has 0 unspecified atom stereocenters. The molecule has 8 heteroatoms. The number of hydrogen-bond acceptors (Lipinski definition) is 7. The van der Waals surface area contributed by atoms with Crippen molar-refractivity contribution in [3.05, 3.63) is 53.9 Å². The van der Waals surface area contributed by atoms with Crippen molar-refractivity contribution < 1.29 is 18.8 Å². The molecule has 0 spiro atoms. The maximum atomic E-state index is 12.2. The van der Waals surface area contributed by atoms with Crippen LogP contribution in [0, 0.1) is 0 Å². The van der Waals surface area contributed by atoms with Gasteiger partial charge in [-0.3, -0.25) is 4.79 Å². The number of ether oxygens (including phenoxy) is 2. The summed E-state index contributed by atoms with van der Waals surface area (Å²) in [5, 5.41) is 6.54. The van der Waals surface area contributed by atoms with E-state index < -0.39 is 5.91 Å². The van der Waals surface area contributed by atoms with E-state index in [9.17, 15) is 4.79 Å². The molecule has 3 aromatic rings. The Morgan fingerprint density at radius 2 is 1.96 bits per heavy atom. The normalized spacial score (nSPS) is 12.2. The molecule has 0 radical (unpaired) electrons. The molecule has 0 aliphatic carbocycles. The molecule has 0 atom stereocenters. The van der Waals surface area contributed by atoms with Gasteiger partial charge in [0.2, 0.25) is 6.79 Å². The Kier molecular flexibility index (Phi) is 4.49. The van der Waals surface area contributed by atoms with E-state index in [0.717, 1.165) is 5.56 Å². The van der Waals surface area contributed by atoms with Crippen molar-refractivity contribution in [2.75, 3.05) is 13.0 Å². The van der Waals surface area contributed by atoms with E-state index in [1.54, 1.807) is 30.0 Å². The number of fused-ring (bicyclic) bond motifs is 1. The lowest BCUT2D eigenvalue weighted by atomic mass is 10.2. The zero-order valence-corrected chi connectivity index (χ0v) is 14.7. The van der Waals surface area contributed by atoms with Gasteiger partial charge in [0.1, 0.15) is 0 Å². The van der Waals surface area contributed by atoms with Gasteiger partial charge in [-0.05, 0) is 42.2 Å². The summed E-state index contributed by atoms with van der Waals surface area (Å²) in [6, 6.07) is 13.2. The second-order valence-corrected chi connectivity index (χ2v) is 6.40. The van der Waals surface area contributed by atoms with E-state index in [-0.39, 0.29) is 18.5 Å². The van der Waals surface area contributed by atoms with Crippen LogP contribution in [0.15, 0.2) is 51.9 Å². The lowest BCUT2D eigenvalue weighted by Gasteiger charge is -2.03. The van der Waals surface area contributed by atoms with Gasteiger partial charge in [-0.1, -0.05) is 17.3 Å². The molecule has 4 rings (SSSR count). The molecule has 1 aliphatic rings. The third-order valence-corrected chi connectivity index (χ3v) is 4.60. The van der Waals surface area contributed by atoms with Crippen LogP contribution in [-0.4, -0.2) is 29.1 Å². The van der Waals surface area contributed by atoms with Gasteiger partial charge in [-0.25, -0.2) is 0 Å². The number of carbonyl (C=O) groups excluding carboxylic acids is 1. The number of thioether (sulfide) groups is 1. The van der Waals surface area contributed by atoms with Crippen molar-refractivity contribution >= 4 is 17.7 Å². The fraction of sp³-hybridized carbons (Fsp3) is 0.167. The Morgan fingerprint density at radius 1 is 1.15 bits per heavy atom. The summed E-state index contributed by atoms with van der Waals surface area (Å²) < 4.78 is 15.8. The van der Waals surface area contributed by atoms with Crippen LogP contribution < -0.4 is 14.8 Å². The van der Waals surface area contributed by atoms with Gasteiger partial charge >= 0.3 is 0 Å². The Balaban J connectivity index is 1.42. The molecule has 132 valence electrons. The van der Waals surface area contributed by atoms with E-state index in [0.29, 0.717) is 23.6 Å². The van der Waals surface area contributed by atoms with E-state index in [1.165, 1.54) is 4.90 Å². The van der Waals surface area contributed by atoms with E-state index in [1.807, 2.05) is 30.5 Å². The molecule has 1 N–H and O–H groups in total. The first-order chi connectivity index (χ1) is 12.7. The van der Waals surface area contributed by atoms with Gasteiger partial charge in [0.15, 0.2) is 11.5 Å². The highest BCUT2D eigenvalue weighted by molar-refractivity contribution is 7.98. The first-order valence-electron chi connectivity index (χ1n) is 7.88. The highest BCUT2D eigenvalue weighted by Crippen LogP contribution is 2.35. The Morgan fingerprint density at radius 3 is 2.77 bits per heavy atom. The summed E-state index contributed by atoms with van der Waals surface area (Å²) in [4.78, 5) is 17.6. The molecule has 1 aromatic heterocycles. The van der Waals surface area contributed by atoms with Gasteiger partial charge < -0.3 is 19.3 Å². The molecule has 2 aromatic carbocycles. The van der Waals surface area contributed by atoms with Crippen molar-refractivity contribution in [3.63, 3.8) is 0 Å². The topological polar surface area (TPSA) is 86.5 Å². The molecule has 0 saturated heterocycles. The lowest BCUT2D eigenvalue weighted by molar-refractivity contribution is 0.0937. The molecule has 1 aliphatic heterocycles. The predicted molar refractivity (Wildman–Crippen MR) is 95.3 cm³/mol. The molecule has 0 saturated carbocycles. The van der Waals surface area contributed by atoms with Crippen LogP contribution in [0.4, 0.5) is 0 Å². The van der Waals surface area contributed by atoms with Crippen molar-refractivity contribution in [3.8, 4) is 23.0 Å².